The van der Waals surface area contributed by atoms with Crippen molar-refractivity contribution >= 4 is 28.5 Å². The second-order valence-corrected chi connectivity index (χ2v) is 6.33. The molecule has 0 radical (unpaired) electrons. The highest BCUT2D eigenvalue weighted by atomic mass is 35.5. The van der Waals surface area contributed by atoms with E-state index in [0.717, 1.165) is 28.7 Å². The Labute approximate surface area is 134 Å². The van der Waals surface area contributed by atoms with Crippen molar-refractivity contribution < 1.29 is 0 Å². The molecule has 0 unspecified atom stereocenters. The van der Waals surface area contributed by atoms with E-state index in [4.69, 9.17) is 22.4 Å². The molecular weight excluding hydrogens is 298 g/mol. The van der Waals surface area contributed by atoms with Crippen LogP contribution in [0.2, 0.25) is 5.02 Å². The minimum atomic E-state index is -0.163. The van der Waals surface area contributed by atoms with Gasteiger partial charge in [-0.1, -0.05) is 30.7 Å². The average Bonchev–Trinajstić information content (AvgIpc) is 2.90. The van der Waals surface area contributed by atoms with Crippen LogP contribution in [0.25, 0.3) is 22.3 Å². The molecule has 114 valence electrons. The number of halogens is 1. The lowest BCUT2D eigenvalue weighted by atomic mass is 10.0. The summed E-state index contributed by atoms with van der Waals surface area (Å²) in [5.74, 6) is 0.438. The molecule has 3 rings (SSSR count). The van der Waals surface area contributed by atoms with Crippen molar-refractivity contribution in [1.82, 2.24) is 19.7 Å². The van der Waals surface area contributed by atoms with Crippen LogP contribution in [0.4, 0.5) is 5.82 Å². The maximum absolute atomic E-state index is 6.09. The Bertz CT molecular complexity index is 820. The van der Waals surface area contributed by atoms with Crippen molar-refractivity contribution in [2.75, 3.05) is 5.73 Å². The zero-order valence-corrected chi connectivity index (χ0v) is 13.6. The van der Waals surface area contributed by atoms with Crippen LogP contribution in [0.5, 0.6) is 0 Å². The molecule has 2 heterocycles. The molecule has 2 aromatic heterocycles. The van der Waals surface area contributed by atoms with E-state index in [9.17, 15) is 0 Å². The SMILES string of the molecule is CCC(C)(C)n1nc(-c2ccc(Cl)cc2)c2c(N)ncnc21. The van der Waals surface area contributed by atoms with Crippen LogP contribution in [0, 0.1) is 0 Å². The molecule has 0 bridgehead atoms. The van der Waals surface area contributed by atoms with Gasteiger partial charge in [-0.3, -0.25) is 0 Å². The van der Waals surface area contributed by atoms with E-state index in [1.54, 1.807) is 0 Å². The zero-order chi connectivity index (χ0) is 15.9. The van der Waals surface area contributed by atoms with E-state index in [1.165, 1.54) is 6.33 Å². The van der Waals surface area contributed by atoms with Crippen LogP contribution < -0.4 is 5.73 Å². The summed E-state index contributed by atoms with van der Waals surface area (Å²) in [7, 11) is 0. The monoisotopic (exact) mass is 315 g/mol. The van der Waals surface area contributed by atoms with Gasteiger partial charge >= 0.3 is 0 Å². The number of aromatic nitrogens is 4. The van der Waals surface area contributed by atoms with Gasteiger partial charge in [-0.15, -0.1) is 0 Å². The second kappa shape index (κ2) is 5.25. The van der Waals surface area contributed by atoms with E-state index < -0.39 is 0 Å². The van der Waals surface area contributed by atoms with Crippen molar-refractivity contribution in [3.05, 3.63) is 35.6 Å². The molecule has 0 saturated carbocycles. The molecule has 1 aromatic carbocycles. The first-order chi connectivity index (χ1) is 10.4. The fraction of sp³-hybridized carbons (Fsp3) is 0.312. The molecule has 0 spiro atoms. The summed E-state index contributed by atoms with van der Waals surface area (Å²) in [6.07, 6.45) is 2.40. The third-order valence-corrected chi connectivity index (χ3v) is 4.30. The van der Waals surface area contributed by atoms with Crippen LogP contribution in [0.1, 0.15) is 27.2 Å². The molecule has 0 atom stereocenters. The van der Waals surface area contributed by atoms with Gasteiger partial charge in [-0.2, -0.15) is 5.10 Å². The molecule has 0 saturated heterocycles. The Kier molecular flexibility index (Phi) is 3.53. The van der Waals surface area contributed by atoms with E-state index in [-0.39, 0.29) is 5.54 Å². The molecule has 2 N–H and O–H groups in total. The van der Waals surface area contributed by atoms with Gasteiger partial charge in [0.2, 0.25) is 0 Å². The largest absolute Gasteiger partial charge is 0.383 e. The first-order valence-electron chi connectivity index (χ1n) is 7.19. The number of fused-ring (bicyclic) bond motifs is 1. The van der Waals surface area contributed by atoms with Crippen LogP contribution in [0.15, 0.2) is 30.6 Å². The molecule has 6 heteroatoms. The number of hydrogen-bond donors (Lipinski definition) is 1. The van der Waals surface area contributed by atoms with Gasteiger partial charge in [0, 0.05) is 10.6 Å². The van der Waals surface area contributed by atoms with Crippen molar-refractivity contribution in [1.29, 1.82) is 0 Å². The number of rotatable bonds is 3. The summed E-state index contributed by atoms with van der Waals surface area (Å²) in [5.41, 5.74) is 8.41. The summed E-state index contributed by atoms with van der Waals surface area (Å²) in [6, 6.07) is 7.54. The number of hydrogen-bond acceptors (Lipinski definition) is 4. The maximum Gasteiger partial charge on any atom is 0.164 e. The molecule has 3 aromatic rings. The number of benzene rings is 1. The number of nitrogens with two attached hydrogens (primary N) is 1. The van der Waals surface area contributed by atoms with Crippen molar-refractivity contribution in [2.45, 2.75) is 32.7 Å². The summed E-state index contributed by atoms with van der Waals surface area (Å²) < 4.78 is 1.93. The number of anilines is 1. The van der Waals surface area contributed by atoms with Gasteiger partial charge in [-0.05, 0) is 32.4 Å². The van der Waals surface area contributed by atoms with Gasteiger partial charge in [0.15, 0.2) is 5.65 Å². The van der Waals surface area contributed by atoms with Crippen molar-refractivity contribution in [3.8, 4) is 11.3 Å². The Balaban J connectivity index is 2.33. The highest BCUT2D eigenvalue weighted by Gasteiger charge is 2.26. The predicted octanol–water partition coefficient (Wildman–Crippen LogP) is 3.87. The molecule has 22 heavy (non-hydrogen) atoms. The lowest BCUT2D eigenvalue weighted by Crippen LogP contribution is -2.26. The average molecular weight is 316 g/mol. The van der Waals surface area contributed by atoms with Crippen molar-refractivity contribution in [3.63, 3.8) is 0 Å². The van der Waals surface area contributed by atoms with Crippen molar-refractivity contribution in [2.24, 2.45) is 0 Å². The molecule has 0 fully saturated rings. The van der Waals surface area contributed by atoms with Crippen LogP contribution in [-0.4, -0.2) is 19.7 Å². The quantitative estimate of drug-likeness (QED) is 0.796. The first kappa shape index (κ1) is 14.8. The van der Waals surface area contributed by atoms with Crippen LogP contribution >= 0.6 is 11.6 Å². The van der Waals surface area contributed by atoms with Crippen LogP contribution in [-0.2, 0) is 5.54 Å². The van der Waals surface area contributed by atoms with E-state index in [1.807, 2.05) is 28.9 Å². The maximum atomic E-state index is 6.09. The van der Waals surface area contributed by atoms with Gasteiger partial charge in [0.05, 0.1) is 10.9 Å². The van der Waals surface area contributed by atoms with Crippen LogP contribution in [0.3, 0.4) is 0 Å². The summed E-state index contributed by atoms with van der Waals surface area (Å²) in [5, 5.41) is 6.25. The molecular formula is C16H18ClN5. The Morgan fingerprint density at radius 3 is 2.50 bits per heavy atom. The van der Waals surface area contributed by atoms with E-state index in [0.29, 0.717) is 10.8 Å². The molecule has 0 aliphatic rings. The third kappa shape index (κ3) is 2.31. The summed E-state index contributed by atoms with van der Waals surface area (Å²) >= 11 is 5.97. The molecule has 5 nitrogen and oxygen atoms in total. The van der Waals surface area contributed by atoms with Gasteiger partial charge in [-0.25, -0.2) is 14.6 Å². The molecule has 0 amide bonds. The minimum absolute atomic E-state index is 0.163. The highest BCUT2D eigenvalue weighted by Crippen LogP contribution is 2.34. The van der Waals surface area contributed by atoms with Gasteiger partial charge in [0.1, 0.15) is 17.8 Å². The Morgan fingerprint density at radius 2 is 1.86 bits per heavy atom. The number of nitrogen functional groups attached to an aromatic ring is 1. The standard InChI is InChI=1S/C16H18ClN5/c1-4-16(2,3)22-15-12(14(18)19-9-20-15)13(21-22)10-5-7-11(17)8-6-10/h5-9H,4H2,1-3H3,(H2,18,19,20). The molecule has 0 aliphatic carbocycles. The topological polar surface area (TPSA) is 69.6 Å². The fourth-order valence-corrected chi connectivity index (χ4v) is 2.48. The van der Waals surface area contributed by atoms with E-state index >= 15 is 0 Å². The lowest BCUT2D eigenvalue weighted by Gasteiger charge is -2.23. The third-order valence-electron chi connectivity index (χ3n) is 4.05. The molecule has 0 aliphatic heterocycles. The Morgan fingerprint density at radius 1 is 1.18 bits per heavy atom. The summed E-state index contributed by atoms with van der Waals surface area (Å²) in [6.45, 7) is 6.38. The Hall–Kier alpha value is -2.14. The number of nitrogens with zero attached hydrogens (tertiary/aromatic N) is 4. The van der Waals surface area contributed by atoms with Gasteiger partial charge in [0.25, 0.3) is 0 Å². The fourth-order valence-electron chi connectivity index (χ4n) is 2.36. The minimum Gasteiger partial charge on any atom is -0.383 e. The highest BCUT2D eigenvalue weighted by molar-refractivity contribution is 6.30. The normalized spacial score (nSPS) is 12.0. The zero-order valence-electron chi connectivity index (χ0n) is 12.8. The van der Waals surface area contributed by atoms with Gasteiger partial charge < -0.3 is 5.73 Å². The smallest absolute Gasteiger partial charge is 0.164 e. The second-order valence-electron chi connectivity index (χ2n) is 5.89. The summed E-state index contributed by atoms with van der Waals surface area (Å²) in [4.78, 5) is 8.52. The first-order valence-corrected chi connectivity index (χ1v) is 7.57. The lowest BCUT2D eigenvalue weighted by molar-refractivity contribution is 0.317. The van der Waals surface area contributed by atoms with E-state index in [2.05, 4.69) is 30.7 Å². The predicted molar refractivity (Wildman–Crippen MR) is 89.8 cm³/mol.